The number of carbonyl (C=O) groups is 1. The first-order valence-electron chi connectivity index (χ1n) is 6.82. The van der Waals surface area contributed by atoms with Crippen molar-refractivity contribution in [2.75, 3.05) is 10.6 Å². The number of nitro benzene ring substituents is 1. The summed E-state index contributed by atoms with van der Waals surface area (Å²) in [4.78, 5) is 27.0. The zero-order valence-electron chi connectivity index (χ0n) is 11.6. The summed E-state index contributed by atoms with van der Waals surface area (Å²) in [7, 11) is 0. The van der Waals surface area contributed by atoms with E-state index in [1.165, 1.54) is 12.1 Å². The molecule has 1 unspecified atom stereocenters. The number of hydrogen-bond acceptors (Lipinski definition) is 7. The van der Waals surface area contributed by atoms with Crippen LogP contribution in [0.15, 0.2) is 54.2 Å². The number of aromatic nitrogens is 1. The summed E-state index contributed by atoms with van der Waals surface area (Å²) in [5.41, 5.74) is 1.81. The lowest BCUT2D eigenvalue weighted by atomic mass is 10.1. The minimum absolute atomic E-state index is 0.0484. The fourth-order valence-electron chi connectivity index (χ4n) is 2.52. The maximum Gasteiger partial charge on any atom is 0.271 e. The average Bonchev–Trinajstić information content (AvgIpc) is 2.89. The molecule has 0 saturated heterocycles. The molecule has 2 aliphatic heterocycles. The molecule has 1 atom stereocenters. The number of hydrogen-bond donors (Lipinski definition) is 2. The molecule has 0 radical (unpaired) electrons. The van der Waals surface area contributed by atoms with Gasteiger partial charge in [-0.1, -0.05) is 6.07 Å². The number of rotatable bonds is 2. The number of nitrogens with zero attached hydrogens (tertiary/aromatic N) is 2. The van der Waals surface area contributed by atoms with Gasteiger partial charge in [-0.2, -0.15) is 0 Å². The van der Waals surface area contributed by atoms with Crippen molar-refractivity contribution in [3.8, 4) is 0 Å². The molecule has 8 heteroatoms. The molecule has 2 aliphatic rings. The number of non-ortho nitro benzene ring substituents is 1. The third-order valence-corrected chi connectivity index (χ3v) is 3.63. The summed E-state index contributed by atoms with van der Waals surface area (Å²) in [5, 5.41) is 16.7. The molecule has 0 aliphatic carbocycles. The zero-order valence-corrected chi connectivity index (χ0v) is 11.6. The number of nitrogens with one attached hydrogen (secondary N) is 2. The SMILES string of the molecule is O=C1C2=C(Nc3cc([N+](=O)[O-])ccc3N2)OC1c1ccccn1. The van der Waals surface area contributed by atoms with Crippen LogP contribution in [-0.4, -0.2) is 15.7 Å². The molecule has 0 amide bonds. The number of fused-ring (bicyclic) bond motifs is 1. The lowest BCUT2D eigenvalue weighted by Crippen LogP contribution is -2.18. The van der Waals surface area contributed by atoms with Gasteiger partial charge in [-0.05, 0) is 18.2 Å². The van der Waals surface area contributed by atoms with Crippen molar-refractivity contribution < 1.29 is 14.5 Å². The second kappa shape index (κ2) is 4.80. The van der Waals surface area contributed by atoms with E-state index in [1.807, 2.05) is 0 Å². The molecular formula is C15H10N4O4. The molecule has 2 aromatic rings. The maximum absolute atomic E-state index is 12.5. The summed E-state index contributed by atoms with van der Waals surface area (Å²) in [6.45, 7) is 0. The largest absolute Gasteiger partial charge is 0.459 e. The summed E-state index contributed by atoms with van der Waals surface area (Å²) >= 11 is 0. The van der Waals surface area contributed by atoms with Crippen LogP contribution in [0.5, 0.6) is 0 Å². The number of anilines is 2. The lowest BCUT2D eigenvalue weighted by molar-refractivity contribution is -0.384. The first-order chi connectivity index (χ1) is 11.1. The summed E-state index contributed by atoms with van der Waals surface area (Å²) in [6.07, 6.45) is 0.757. The molecule has 1 aromatic heterocycles. The second-order valence-corrected chi connectivity index (χ2v) is 5.06. The Morgan fingerprint density at radius 1 is 1.17 bits per heavy atom. The van der Waals surface area contributed by atoms with Gasteiger partial charge in [-0.3, -0.25) is 19.9 Å². The van der Waals surface area contributed by atoms with Crippen molar-refractivity contribution >= 4 is 22.8 Å². The molecule has 0 saturated carbocycles. The van der Waals surface area contributed by atoms with Crippen LogP contribution in [0.1, 0.15) is 11.8 Å². The number of ketones is 1. The van der Waals surface area contributed by atoms with E-state index < -0.39 is 11.0 Å². The van der Waals surface area contributed by atoms with Gasteiger partial charge in [-0.25, -0.2) is 0 Å². The van der Waals surface area contributed by atoms with Gasteiger partial charge in [0.15, 0.2) is 0 Å². The van der Waals surface area contributed by atoms with Crippen LogP contribution >= 0.6 is 0 Å². The van der Waals surface area contributed by atoms with E-state index in [-0.39, 0.29) is 17.4 Å². The average molecular weight is 310 g/mol. The highest BCUT2D eigenvalue weighted by molar-refractivity contribution is 6.06. The quantitative estimate of drug-likeness (QED) is 0.647. The lowest BCUT2D eigenvalue weighted by Gasteiger charge is -2.19. The number of ether oxygens (including phenoxy) is 1. The Bertz CT molecular complexity index is 863. The van der Waals surface area contributed by atoms with Crippen molar-refractivity contribution in [1.29, 1.82) is 0 Å². The van der Waals surface area contributed by atoms with E-state index in [0.29, 0.717) is 22.8 Å². The van der Waals surface area contributed by atoms with E-state index in [2.05, 4.69) is 15.6 Å². The van der Waals surface area contributed by atoms with E-state index >= 15 is 0 Å². The molecule has 114 valence electrons. The van der Waals surface area contributed by atoms with Crippen LogP contribution < -0.4 is 10.6 Å². The Balaban J connectivity index is 1.65. The summed E-state index contributed by atoms with van der Waals surface area (Å²) < 4.78 is 5.64. The van der Waals surface area contributed by atoms with E-state index in [0.717, 1.165) is 0 Å². The standard InChI is InChI=1S/C15H10N4O4/c20-13-12-15(23-14(13)10-3-1-2-6-16-10)18-11-7-8(19(21)22)4-5-9(11)17-12/h1-7,14,17-18H. The minimum Gasteiger partial charge on any atom is -0.459 e. The number of benzene rings is 1. The van der Waals surface area contributed by atoms with E-state index in [4.69, 9.17) is 4.74 Å². The van der Waals surface area contributed by atoms with Crippen LogP contribution in [0.2, 0.25) is 0 Å². The topological polar surface area (TPSA) is 106 Å². The van der Waals surface area contributed by atoms with E-state index in [9.17, 15) is 14.9 Å². The van der Waals surface area contributed by atoms with Crippen molar-refractivity contribution in [3.63, 3.8) is 0 Å². The smallest absolute Gasteiger partial charge is 0.271 e. The molecule has 1 aromatic carbocycles. The van der Waals surface area contributed by atoms with Crippen LogP contribution in [0.4, 0.5) is 17.1 Å². The van der Waals surface area contributed by atoms with Crippen molar-refractivity contribution in [2.24, 2.45) is 0 Å². The highest BCUT2D eigenvalue weighted by atomic mass is 16.6. The number of nitro groups is 1. The predicted molar refractivity (Wildman–Crippen MR) is 80.4 cm³/mol. The molecule has 23 heavy (non-hydrogen) atoms. The molecule has 4 rings (SSSR count). The first kappa shape index (κ1) is 13.3. The predicted octanol–water partition coefficient (Wildman–Crippen LogP) is 2.34. The first-order valence-corrected chi connectivity index (χ1v) is 6.82. The number of pyridine rings is 1. The summed E-state index contributed by atoms with van der Waals surface area (Å²) in [6, 6.07) is 9.53. The fourth-order valence-corrected chi connectivity index (χ4v) is 2.52. The summed E-state index contributed by atoms with van der Waals surface area (Å²) in [5.74, 6) is 0.00820. The maximum atomic E-state index is 12.5. The highest BCUT2D eigenvalue weighted by Crippen LogP contribution is 2.40. The Hall–Kier alpha value is -3.42. The molecule has 0 fully saturated rings. The molecular weight excluding hydrogens is 300 g/mol. The minimum atomic E-state index is -0.828. The molecule has 8 nitrogen and oxygen atoms in total. The third-order valence-electron chi connectivity index (χ3n) is 3.63. The Morgan fingerprint density at radius 3 is 2.78 bits per heavy atom. The zero-order chi connectivity index (χ0) is 16.0. The van der Waals surface area contributed by atoms with Crippen molar-refractivity contribution in [2.45, 2.75) is 6.10 Å². The Labute approximate surface area is 129 Å². The van der Waals surface area contributed by atoms with Gasteiger partial charge >= 0.3 is 0 Å². The van der Waals surface area contributed by atoms with Gasteiger partial charge in [0.05, 0.1) is 22.0 Å². The van der Waals surface area contributed by atoms with Crippen molar-refractivity contribution in [3.05, 3.63) is 70.0 Å². The van der Waals surface area contributed by atoms with E-state index in [1.54, 1.807) is 30.5 Å². The van der Waals surface area contributed by atoms with Gasteiger partial charge in [-0.15, -0.1) is 0 Å². The highest BCUT2D eigenvalue weighted by Gasteiger charge is 2.40. The van der Waals surface area contributed by atoms with Gasteiger partial charge in [0.2, 0.25) is 17.8 Å². The third kappa shape index (κ3) is 2.08. The van der Waals surface area contributed by atoms with Gasteiger partial charge in [0.25, 0.3) is 5.69 Å². The van der Waals surface area contributed by atoms with Crippen LogP contribution in [0.25, 0.3) is 0 Å². The number of Topliss-reactive ketones (excluding diaryl/α,β-unsaturated/α-hetero) is 1. The molecule has 0 bridgehead atoms. The Kier molecular flexibility index (Phi) is 2.77. The van der Waals surface area contributed by atoms with Crippen LogP contribution in [0.3, 0.4) is 0 Å². The van der Waals surface area contributed by atoms with Crippen molar-refractivity contribution in [1.82, 2.24) is 4.98 Å². The molecule has 0 spiro atoms. The van der Waals surface area contributed by atoms with Crippen LogP contribution in [0, 0.1) is 10.1 Å². The van der Waals surface area contributed by atoms with Gasteiger partial charge in [0.1, 0.15) is 5.70 Å². The molecule has 2 N–H and O–H groups in total. The Morgan fingerprint density at radius 2 is 2.04 bits per heavy atom. The molecule has 3 heterocycles. The number of carbonyl (C=O) groups excluding carboxylic acids is 1. The van der Waals surface area contributed by atoms with Gasteiger partial charge < -0.3 is 15.4 Å². The second-order valence-electron chi connectivity index (χ2n) is 5.06. The monoisotopic (exact) mass is 310 g/mol. The van der Waals surface area contributed by atoms with Crippen LogP contribution in [-0.2, 0) is 9.53 Å². The fraction of sp³-hybridized carbons (Fsp3) is 0.0667. The van der Waals surface area contributed by atoms with Gasteiger partial charge in [0, 0.05) is 18.3 Å². The normalized spacial score (nSPS) is 18.4.